The van der Waals surface area contributed by atoms with E-state index < -0.39 is 181 Å². The summed E-state index contributed by atoms with van der Waals surface area (Å²) in [7, 11) is -9.35. The summed E-state index contributed by atoms with van der Waals surface area (Å²) in [6.07, 6.45) is -4.92. The Morgan fingerprint density at radius 1 is 0.392 bits per heavy atom. The van der Waals surface area contributed by atoms with Crippen molar-refractivity contribution in [1.82, 2.24) is 46.6 Å². The number of nitrogens with one attached hydrogen (secondary N) is 6. The number of phosphoric ester groups is 1. The lowest BCUT2D eigenvalue weighted by Crippen LogP contribution is -2.64. The molecule has 125 heavy (non-hydrogen) atoms. The van der Waals surface area contributed by atoms with Gasteiger partial charge in [-0.25, -0.2) is 4.57 Å². The zero-order valence-electron chi connectivity index (χ0n) is 73.2. The zero-order chi connectivity index (χ0) is 91.8. The number of aliphatic hydroxyl groups is 10. The lowest BCUT2D eigenvalue weighted by Gasteiger charge is -2.43. The molecule has 0 spiro atoms. The minimum Gasteiger partial charge on any atom is -0.396 e. The van der Waals surface area contributed by atoms with E-state index in [-0.39, 0.29) is 172 Å². The lowest BCUT2D eigenvalue weighted by molar-refractivity contribution is -0.270. The molecule has 0 aromatic carbocycles. The third kappa shape index (κ3) is 37.5. The standard InChI is InChI=1S/C81H145N9O33P2/c1-5-114-51-81(31-41-90(42-32-81)66(103)26-11-8-17-36-84-63(100)23-14-20-45-117-78-69(87-57(4)97)75(109)72(106)60(49-93)123-78)54-120-125(112,113)119-52-79(27-37-88(38-28-79)64(101)24-9-6-15-34-82-61(98)21-12-18-43-115-76-67(85-55(2)95)73(107)70(104)58(47-91)121-76)33-46-124(110,111)118-53-80(50-94)29-39-89(40-30-80)65(102)25-10-7-16-35-83-62(99)22-13-19-44-116-77-68(86-56(3)96)74(108)71(105)59(48-92)122-77/h58-60,67-78,91-94,104-109H,5-54H2,1-4H3,(H,82,98)(H,83,99)(H,84,100)(H,85,95)(H,86,96)(H,87,97)(H,110,111)(H,112,113)/t58-,59-,60-,67-,68-,69-,70+,71+,72+,73-,74-,75-,76-,77-,78-/m1/s1. The van der Waals surface area contributed by atoms with E-state index in [2.05, 4.69) is 31.9 Å². The predicted octanol–water partition coefficient (Wildman–Crippen LogP) is -1.01. The Hall–Kier alpha value is -5.19. The minimum atomic E-state index is -4.88. The fourth-order valence-corrected chi connectivity index (χ4v) is 18.4. The van der Waals surface area contributed by atoms with Crippen LogP contribution in [0.3, 0.4) is 0 Å². The van der Waals surface area contributed by atoms with Crippen LogP contribution in [0.25, 0.3) is 0 Å². The molecule has 18 N–H and O–H groups in total. The highest BCUT2D eigenvalue weighted by Gasteiger charge is 2.50. The molecular formula is C81H145N9O33P2. The van der Waals surface area contributed by atoms with Crippen LogP contribution < -0.4 is 31.9 Å². The maximum Gasteiger partial charge on any atom is 0.472 e. The molecule has 0 saturated carbocycles. The second kappa shape index (κ2) is 55.9. The Balaban J connectivity index is 0.926. The van der Waals surface area contributed by atoms with Gasteiger partial charge in [0.15, 0.2) is 18.9 Å². The third-order valence-corrected chi connectivity index (χ3v) is 26.4. The number of nitrogens with zero attached hydrogens (tertiary/aromatic N) is 3. The van der Waals surface area contributed by atoms with E-state index >= 15 is 0 Å². The first-order chi connectivity index (χ1) is 59.6. The van der Waals surface area contributed by atoms with Crippen molar-refractivity contribution in [2.75, 3.05) is 144 Å². The molecule has 17 atom stereocenters. The number of hydrogen-bond acceptors (Lipinski definition) is 31. The highest BCUT2D eigenvalue weighted by atomic mass is 31.2. The number of ether oxygens (including phenoxy) is 7. The molecule has 0 aliphatic carbocycles. The van der Waals surface area contributed by atoms with Gasteiger partial charge in [0.2, 0.25) is 53.2 Å². The number of unbranched alkanes of at least 4 members (excludes halogenated alkanes) is 9. The van der Waals surface area contributed by atoms with Gasteiger partial charge in [-0.1, -0.05) is 19.3 Å². The molecule has 6 saturated heterocycles. The van der Waals surface area contributed by atoms with E-state index in [0.717, 1.165) is 0 Å². The molecule has 0 radical (unpaired) electrons. The first-order valence-electron chi connectivity index (χ1n) is 44.5. The summed E-state index contributed by atoms with van der Waals surface area (Å²) in [6, 6.07) is -3.23. The number of amides is 9. The molecule has 6 aliphatic heterocycles. The van der Waals surface area contributed by atoms with E-state index in [0.29, 0.717) is 148 Å². The first kappa shape index (κ1) is 109. The van der Waals surface area contributed by atoms with Crippen LogP contribution in [-0.2, 0) is 99.0 Å². The normalized spacial score (nSPS) is 27.1. The molecule has 0 bridgehead atoms. The van der Waals surface area contributed by atoms with Gasteiger partial charge >= 0.3 is 15.4 Å². The highest BCUT2D eigenvalue weighted by molar-refractivity contribution is 7.52. The summed E-state index contributed by atoms with van der Waals surface area (Å²) >= 11 is 0. The van der Waals surface area contributed by atoms with Crippen LogP contribution in [0.2, 0.25) is 0 Å². The molecule has 42 nitrogen and oxygen atoms in total. The lowest BCUT2D eigenvalue weighted by atomic mass is 9.77. The summed E-state index contributed by atoms with van der Waals surface area (Å²) < 4.78 is 85.4. The van der Waals surface area contributed by atoms with Gasteiger partial charge in [-0.15, -0.1) is 0 Å². The average Bonchev–Trinajstić information content (AvgIpc) is 0.832. The van der Waals surface area contributed by atoms with Crippen LogP contribution in [0.5, 0.6) is 0 Å². The number of piperidine rings is 3. The smallest absolute Gasteiger partial charge is 0.396 e. The van der Waals surface area contributed by atoms with E-state index in [1.165, 1.54) is 20.8 Å². The average molecular weight is 1840 g/mol. The highest BCUT2D eigenvalue weighted by Crippen LogP contribution is 2.53. The number of aliphatic hydroxyl groups excluding tert-OH is 10. The molecule has 722 valence electrons. The van der Waals surface area contributed by atoms with Crippen molar-refractivity contribution in [2.45, 2.75) is 299 Å². The Labute approximate surface area is 732 Å². The molecule has 6 fully saturated rings. The number of phosphoric acid groups is 1. The van der Waals surface area contributed by atoms with Crippen molar-refractivity contribution in [1.29, 1.82) is 0 Å². The van der Waals surface area contributed by atoms with E-state index in [4.69, 9.17) is 46.7 Å². The summed E-state index contributed by atoms with van der Waals surface area (Å²) in [5, 5.41) is 118. The number of rotatable bonds is 58. The van der Waals surface area contributed by atoms with Crippen LogP contribution in [-0.4, -0.2) is 365 Å². The molecule has 44 heteroatoms. The Morgan fingerprint density at radius 2 is 0.696 bits per heavy atom. The van der Waals surface area contributed by atoms with E-state index in [1.807, 2.05) is 6.92 Å². The van der Waals surface area contributed by atoms with Gasteiger partial charge in [-0.05, 0) is 134 Å². The zero-order valence-corrected chi connectivity index (χ0v) is 75.0. The maximum absolute atomic E-state index is 14.1. The predicted molar refractivity (Wildman–Crippen MR) is 445 cm³/mol. The topological polar surface area (TPSA) is 605 Å². The molecule has 2 unspecified atom stereocenters. The summed E-state index contributed by atoms with van der Waals surface area (Å²) in [5.41, 5.74) is -2.78. The van der Waals surface area contributed by atoms with Crippen molar-refractivity contribution in [2.24, 2.45) is 16.2 Å². The van der Waals surface area contributed by atoms with Crippen LogP contribution in [0.15, 0.2) is 0 Å². The molecule has 6 aliphatic rings. The summed E-state index contributed by atoms with van der Waals surface area (Å²) in [4.78, 5) is 142. The largest absolute Gasteiger partial charge is 0.472 e. The molecule has 6 heterocycles. The summed E-state index contributed by atoms with van der Waals surface area (Å²) in [6.45, 7) is 5.89. The van der Waals surface area contributed by atoms with Gasteiger partial charge in [0, 0.05) is 155 Å². The fraction of sp³-hybridized carbons (Fsp3) is 0.889. The minimum absolute atomic E-state index is 0.0417. The van der Waals surface area contributed by atoms with E-state index in [1.54, 1.807) is 14.7 Å². The quantitative estimate of drug-likeness (QED) is 0.0256. The molecular weight excluding hydrogens is 1690 g/mol. The van der Waals surface area contributed by atoms with Gasteiger partial charge in [0.1, 0.15) is 73.1 Å². The van der Waals surface area contributed by atoms with Gasteiger partial charge in [0.05, 0.1) is 59.0 Å². The Morgan fingerprint density at radius 3 is 1.01 bits per heavy atom. The van der Waals surface area contributed by atoms with Gasteiger partial charge in [-0.2, -0.15) is 0 Å². The van der Waals surface area contributed by atoms with Crippen molar-refractivity contribution >= 4 is 68.6 Å². The fourth-order valence-electron chi connectivity index (χ4n) is 16.1. The monoisotopic (exact) mass is 1830 g/mol. The van der Waals surface area contributed by atoms with E-state index in [9.17, 15) is 113 Å². The van der Waals surface area contributed by atoms with Gasteiger partial charge in [-0.3, -0.25) is 56.8 Å². The SMILES string of the molecule is CCOCC1(COP(=O)(O)OCC2(CCP(=O)(O)OCC3(CO)CCN(C(=O)CCCCCNC(=O)CCCCO[C@@H]4O[C@H](CO)[C@H](O)[C@H](O)[C@H]4NC(C)=O)CC3)CCN(C(=O)CCCCCNC(=O)CCCCO[C@@H]3O[C@H](CO)[C@H](O)[C@H](O)[C@H]3NC(C)=O)CC2)CCN(C(=O)CCCCCNC(=O)CCCCO[C@@H]2O[C@H](CO)[C@H](O)[C@H](O)[C@H]2NC(C)=O)CC1. The van der Waals surface area contributed by atoms with Gasteiger partial charge < -0.3 is 145 Å². The molecule has 0 aromatic heterocycles. The van der Waals surface area contributed by atoms with Crippen molar-refractivity contribution < 1.29 is 160 Å². The van der Waals surface area contributed by atoms with Crippen molar-refractivity contribution in [3.8, 4) is 0 Å². The Kier molecular flexibility index (Phi) is 48.5. The third-order valence-electron chi connectivity index (χ3n) is 24.2. The number of hydrogen-bond donors (Lipinski definition) is 18. The number of likely N-dealkylation sites (tertiary alicyclic amines) is 3. The van der Waals surface area contributed by atoms with Crippen molar-refractivity contribution in [3.05, 3.63) is 0 Å². The second-order valence-corrected chi connectivity index (χ2v) is 37.5. The summed E-state index contributed by atoms with van der Waals surface area (Å²) in [5.74, 6) is -2.31. The van der Waals surface area contributed by atoms with Crippen LogP contribution in [0, 0.1) is 16.2 Å². The molecule has 9 amide bonds. The first-order valence-corrected chi connectivity index (χ1v) is 47.8. The van der Waals surface area contributed by atoms with Crippen molar-refractivity contribution in [3.63, 3.8) is 0 Å². The van der Waals surface area contributed by atoms with Crippen LogP contribution in [0.4, 0.5) is 0 Å². The van der Waals surface area contributed by atoms with Crippen LogP contribution in [0.1, 0.15) is 207 Å². The van der Waals surface area contributed by atoms with Gasteiger partial charge in [0.25, 0.3) is 0 Å². The number of carbonyl (C=O) groups is 9. The Bertz CT molecular complexity index is 3360. The van der Waals surface area contributed by atoms with Crippen LogP contribution >= 0.6 is 15.4 Å². The molecule has 0 aromatic rings. The number of carbonyl (C=O) groups excluding carboxylic acids is 9. The molecule has 6 rings (SSSR count). The maximum atomic E-state index is 14.1. The second-order valence-electron chi connectivity index (χ2n) is 34.1.